The summed E-state index contributed by atoms with van der Waals surface area (Å²) in [5.74, 6) is 1.60. The third-order valence-corrected chi connectivity index (χ3v) is 7.04. The molecule has 3 aromatic rings. The number of nitrogens with zero attached hydrogens (tertiary/aromatic N) is 4. The maximum Gasteiger partial charge on any atom is 0.310 e. The number of esters is 1. The van der Waals surface area contributed by atoms with Gasteiger partial charge in [-0.3, -0.25) is 9.69 Å². The lowest BCUT2D eigenvalue weighted by molar-refractivity contribution is -0.150. The van der Waals surface area contributed by atoms with Crippen LogP contribution in [0.4, 0.5) is 0 Å². The zero-order valence-corrected chi connectivity index (χ0v) is 20.2. The molecule has 2 aromatic heterocycles. The molecule has 0 spiro atoms. The summed E-state index contributed by atoms with van der Waals surface area (Å²) < 4.78 is 17.7. The molecule has 0 radical (unpaired) electrons. The van der Waals surface area contributed by atoms with E-state index in [0.717, 1.165) is 29.8 Å². The summed E-state index contributed by atoms with van der Waals surface area (Å²) >= 11 is 1.41. The number of aryl methyl sites for hydroxylation is 1. The highest BCUT2D eigenvalue weighted by Crippen LogP contribution is 2.43. The molecule has 0 saturated carbocycles. The number of fused-ring (bicyclic) bond motifs is 1. The number of hydrogen-bond donors (Lipinski definition) is 1. The Hall–Kier alpha value is -2.85. The Morgan fingerprint density at radius 1 is 1.27 bits per heavy atom. The molecule has 1 fully saturated rings. The first-order chi connectivity index (χ1) is 16.0. The highest BCUT2D eigenvalue weighted by atomic mass is 32.1. The van der Waals surface area contributed by atoms with Crippen LogP contribution < -0.4 is 9.47 Å². The molecule has 1 N–H and O–H groups in total. The van der Waals surface area contributed by atoms with Crippen molar-refractivity contribution in [2.75, 3.05) is 33.9 Å². The molecule has 178 valence electrons. The van der Waals surface area contributed by atoms with Crippen LogP contribution in [0.2, 0.25) is 0 Å². The van der Waals surface area contributed by atoms with Crippen molar-refractivity contribution in [3.63, 3.8) is 0 Å². The lowest BCUT2D eigenvalue weighted by Crippen LogP contribution is -2.41. The van der Waals surface area contributed by atoms with Gasteiger partial charge in [0.05, 0.1) is 37.7 Å². The average molecular weight is 475 g/mol. The number of likely N-dealkylation sites (tertiary alicyclic amines) is 1. The van der Waals surface area contributed by atoms with E-state index in [2.05, 4.69) is 15.0 Å². The Morgan fingerprint density at radius 3 is 2.73 bits per heavy atom. The van der Waals surface area contributed by atoms with Gasteiger partial charge in [-0.15, -0.1) is 5.10 Å². The Kier molecular flexibility index (Phi) is 7.04. The standard InChI is InChI=1S/C23H30N4O5S/c1-5-18-24-23-27(25-18)21(28)20(33-23)19(14-9-10-16(30-3)17(12-14)31-4)26-11-7-8-15(13-26)22(29)32-6-2/h9-10,12,15,19,28H,5-8,11,13H2,1-4H3/t15-,19-/m1/s1. The van der Waals surface area contributed by atoms with Gasteiger partial charge in [-0.2, -0.15) is 4.52 Å². The number of aromatic hydroxyl groups is 1. The Bertz CT molecular complexity index is 1130. The van der Waals surface area contributed by atoms with Gasteiger partial charge < -0.3 is 19.3 Å². The van der Waals surface area contributed by atoms with E-state index in [4.69, 9.17) is 14.2 Å². The molecule has 0 bridgehead atoms. The summed E-state index contributed by atoms with van der Waals surface area (Å²) in [5, 5.41) is 15.6. The second-order valence-electron chi connectivity index (χ2n) is 7.97. The minimum absolute atomic E-state index is 0.0697. The number of aromatic nitrogens is 3. The molecule has 1 aliphatic heterocycles. The summed E-state index contributed by atoms with van der Waals surface area (Å²) in [7, 11) is 3.20. The monoisotopic (exact) mass is 474 g/mol. The van der Waals surface area contributed by atoms with Crippen LogP contribution in [-0.4, -0.2) is 64.5 Å². The highest BCUT2D eigenvalue weighted by molar-refractivity contribution is 7.17. The first-order valence-corrected chi connectivity index (χ1v) is 12.0. The molecule has 4 rings (SSSR count). The SMILES string of the molecule is CCOC(=O)[C@@H]1CCCN([C@H](c2ccc(OC)c(OC)c2)c2sc3nc(CC)nn3c2O)C1. The van der Waals surface area contributed by atoms with Gasteiger partial charge >= 0.3 is 5.97 Å². The number of methoxy groups -OCH3 is 2. The summed E-state index contributed by atoms with van der Waals surface area (Å²) in [5.41, 5.74) is 0.924. The Labute approximate surface area is 196 Å². The number of carbonyl (C=O) groups is 1. The topological polar surface area (TPSA) is 98.4 Å². The van der Waals surface area contributed by atoms with E-state index in [1.54, 1.807) is 14.2 Å². The normalized spacial score (nSPS) is 17.8. The Balaban J connectivity index is 1.78. The van der Waals surface area contributed by atoms with Crippen molar-refractivity contribution in [1.82, 2.24) is 19.5 Å². The van der Waals surface area contributed by atoms with Crippen molar-refractivity contribution in [3.8, 4) is 17.4 Å². The molecule has 10 heteroatoms. The lowest BCUT2D eigenvalue weighted by atomic mass is 9.94. The fraction of sp³-hybridized carbons (Fsp3) is 0.522. The van der Waals surface area contributed by atoms with E-state index in [1.165, 1.54) is 15.9 Å². The third-order valence-electron chi connectivity index (χ3n) is 5.97. The first kappa shape index (κ1) is 23.3. The third kappa shape index (κ3) is 4.49. The molecule has 33 heavy (non-hydrogen) atoms. The van der Waals surface area contributed by atoms with Gasteiger partial charge in [0.2, 0.25) is 10.8 Å². The van der Waals surface area contributed by atoms with E-state index in [1.807, 2.05) is 32.0 Å². The predicted molar refractivity (Wildman–Crippen MR) is 124 cm³/mol. The van der Waals surface area contributed by atoms with Crippen LogP contribution in [0.15, 0.2) is 18.2 Å². The van der Waals surface area contributed by atoms with Crippen LogP contribution in [0.5, 0.6) is 17.4 Å². The summed E-state index contributed by atoms with van der Waals surface area (Å²) in [6, 6.07) is 5.44. The fourth-order valence-electron chi connectivity index (χ4n) is 4.36. The molecule has 0 aliphatic carbocycles. The largest absolute Gasteiger partial charge is 0.493 e. The van der Waals surface area contributed by atoms with Crippen molar-refractivity contribution in [2.45, 2.75) is 39.2 Å². The fourth-order valence-corrected chi connectivity index (χ4v) is 5.50. The molecular weight excluding hydrogens is 444 g/mol. The van der Waals surface area contributed by atoms with Crippen molar-refractivity contribution < 1.29 is 24.1 Å². The summed E-state index contributed by atoms with van der Waals surface area (Å²) in [6.07, 6.45) is 2.33. The van der Waals surface area contributed by atoms with E-state index < -0.39 is 0 Å². The van der Waals surface area contributed by atoms with Crippen LogP contribution >= 0.6 is 11.3 Å². The molecule has 3 heterocycles. The van der Waals surface area contributed by atoms with Crippen molar-refractivity contribution in [3.05, 3.63) is 34.5 Å². The maximum atomic E-state index is 12.5. The molecule has 2 atom stereocenters. The van der Waals surface area contributed by atoms with Crippen LogP contribution in [0, 0.1) is 5.92 Å². The van der Waals surface area contributed by atoms with Gasteiger partial charge in [0.15, 0.2) is 17.3 Å². The van der Waals surface area contributed by atoms with Crippen molar-refractivity contribution in [2.24, 2.45) is 5.92 Å². The highest BCUT2D eigenvalue weighted by Gasteiger charge is 2.35. The quantitative estimate of drug-likeness (QED) is 0.496. The lowest BCUT2D eigenvalue weighted by Gasteiger charge is -2.37. The molecule has 1 aliphatic rings. The molecule has 9 nitrogen and oxygen atoms in total. The maximum absolute atomic E-state index is 12.5. The summed E-state index contributed by atoms with van der Waals surface area (Å²) in [6.45, 7) is 5.48. The van der Waals surface area contributed by atoms with E-state index in [-0.39, 0.29) is 23.8 Å². The van der Waals surface area contributed by atoms with Crippen LogP contribution in [0.25, 0.3) is 4.96 Å². The number of ether oxygens (including phenoxy) is 3. The number of piperidine rings is 1. The van der Waals surface area contributed by atoms with Gasteiger partial charge in [0, 0.05) is 13.0 Å². The first-order valence-electron chi connectivity index (χ1n) is 11.2. The van der Waals surface area contributed by atoms with Crippen LogP contribution in [-0.2, 0) is 16.0 Å². The van der Waals surface area contributed by atoms with Gasteiger partial charge in [0.1, 0.15) is 0 Å². The van der Waals surface area contributed by atoms with E-state index in [9.17, 15) is 9.90 Å². The van der Waals surface area contributed by atoms with E-state index in [0.29, 0.717) is 41.9 Å². The smallest absolute Gasteiger partial charge is 0.310 e. The molecule has 1 saturated heterocycles. The molecular formula is C23H30N4O5S. The van der Waals surface area contributed by atoms with Gasteiger partial charge in [-0.25, -0.2) is 4.98 Å². The number of benzene rings is 1. The van der Waals surface area contributed by atoms with Crippen molar-refractivity contribution in [1.29, 1.82) is 0 Å². The molecule has 1 aromatic carbocycles. The number of carbonyl (C=O) groups excluding carboxylic acids is 1. The van der Waals surface area contributed by atoms with Gasteiger partial charge in [-0.1, -0.05) is 24.3 Å². The van der Waals surface area contributed by atoms with Gasteiger partial charge in [0.25, 0.3) is 0 Å². The summed E-state index contributed by atoms with van der Waals surface area (Å²) in [4.78, 5) is 20.6. The minimum Gasteiger partial charge on any atom is -0.493 e. The zero-order chi connectivity index (χ0) is 23.5. The Morgan fingerprint density at radius 2 is 2.06 bits per heavy atom. The van der Waals surface area contributed by atoms with Gasteiger partial charge in [-0.05, 0) is 44.0 Å². The zero-order valence-electron chi connectivity index (χ0n) is 19.4. The number of thiazole rings is 1. The molecule has 0 amide bonds. The van der Waals surface area contributed by atoms with Crippen LogP contribution in [0.3, 0.4) is 0 Å². The average Bonchev–Trinajstić information content (AvgIpc) is 3.38. The minimum atomic E-state index is -0.305. The van der Waals surface area contributed by atoms with Crippen molar-refractivity contribution >= 4 is 22.3 Å². The second kappa shape index (κ2) is 9.96. The van der Waals surface area contributed by atoms with Crippen LogP contribution in [0.1, 0.15) is 49.0 Å². The predicted octanol–water partition coefficient (Wildman–Crippen LogP) is 3.44. The number of hydrogen-bond acceptors (Lipinski definition) is 9. The van der Waals surface area contributed by atoms with E-state index >= 15 is 0 Å². The molecule has 0 unspecified atom stereocenters. The second-order valence-corrected chi connectivity index (χ2v) is 8.98. The number of rotatable bonds is 8.